The number of anilines is 3. The highest BCUT2D eigenvalue weighted by atomic mass is 32.2. The number of nitrogens with one attached hydrogen (secondary N) is 1. The Morgan fingerprint density at radius 1 is 1.20 bits per heavy atom. The van der Waals surface area contributed by atoms with Gasteiger partial charge in [0.25, 0.3) is 0 Å². The minimum atomic E-state index is -0.416. The summed E-state index contributed by atoms with van der Waals surface area (Å²) < 4.78 is 4.77. The average molecular weight is 288 g/mol. The van der Waals surface area contributed by atoms with Crippen molar-refractivity contribution in [2.24, 2.45) is 0 Å². The maximum atomic E-state index is 11.8. The molecule has 2 rings (SSSR count). The van der Waals surface area contributed by atoms with Crippen LogP contribution in [0.1, 0.15) is 10.4 Å². The third-order valence-electron chi connectivity index (χ3n) is 2.82. The zero-order valence-corrected chi connectivity index (χ0v) is 12.2. The van der Waals surface area contributed by atoms with Crippen LogP contribution < -0.4 is 11.1 Å². The molecule has 0 unspecified atom stereocenters. The fourth-order valence-electron chi connectivity index (χ4n) is 1.78. The van der Waals surface area contributed by atoms with Crippen molar-refractivity contribution < 1.29 is 9.53 Å². The van der Waals surface area contributed by atoms with Crippen molar-refractivity contribution in [1.29, 1.82) is 0 Å². The van der Waals surface area contributed by atoms with Gasteiger partial charge in [-0.3, -0.25) is 0 Å². The number of nitrogen functional groups attached to an aromatic ring is 1. The Kier molecular flexibility index (Phi) is 4.53. The van der Waals surface area contributed by atoms with Gasteiger partial charge >= 0.3 is 5.97 Å². The van der Waals surface area contributed by atoms with Crippen LogP contribution in [0.4, 0.5) is 17.1 Å². The van der Waals surface area contributed by atoms with Gasteiger partial charge in [-0.1, -0.05) is 0 Å². The van der Waals surface area contributed by atoms with E-state index in [1.807, 2.05) is 30.5 Å². The number of benzene rings is 2. The van der Waals surface area contributed by atoms with E-state index in [2.05, 4.69) is 5.32 Å². The van der Waals surface area contributed by atoms with E-state index in [0.717, 1.165) is 5.69 Å². The monoisotopic (exact) mass is 288 g/mol. The summed E-state index contributed by atoms with van der Waals surface area (Å²) in [4.78, 5) is 12.9. The SMILES string of the molecule is COC(=O)c1cc(N)ccc1Nc1ccc(SC)cc1. The van der Waals surface area contributed by atoms with Crippen molar-refractivity contribution in [3.05, 3.63) is 48.0 Å². The van der Waals surface area contributed by atoms with Crippen LogP contribution in [-0.4, -0.2) is 19.3 Å². The maximum absolute atomic E-state index is 11.8. The van der Waals surface area contributed by atoms with Gasteiger partial charge in [0.2, 0.25) is 0 Å². The molecular formula is C15H16N2O2S. The summed E-state index contributed by atoms with van der Waals surface area (Å²) in [5.74, 6) is -0.416. The van der Waals surface area contributed by atoms with Gasteiger partial charge in [0.15, 0.2) is 0 Å². The number of carbonyl (C=O) groups excluding carboxylic acids is 1. The van der Waals surface area contributed by atoms with Crippen molar-refractivity contribution >= 4 is 34.8 Å². The number of thioether (sulfide) groups is 1. The van der Waals surface area contributed by atoms with Gasteiger partial charge in [-0.05, 0) is 48.7 Å². The van der Waals surface area contributed by atoms with Crippen molar-refractivity contribution in [3.8, 4) is 0 Å². The summed E-state index contributed by atoms with van der Waals surface area (Å²) >= 11 is 1.68. The van der Waals surface area contributed by atoms with Crippen molar-refractivity contribution in [2.75, 3.05) is 24.4 Å². The molecule has 5 heteroatoms. The summed E-state index contributed by atoms with van der Waals surface area (Å²) in [7, 11) is 1.35. The maximum Gasteiger partial charge on any atom is 0.340 e. The predicted molar refractivity (Wildman–Crippen MR) is 83.7 cm³/mol. The molecule has 0 saturated heterocycles. The second-order valence-electron chi connectivity index (χ2n) is 4.15. The molecule has 0 saturated carbocycles. The minimum Gasteiger partial charge on any atom is -0.465 e. The molecule has 0 atom stereocenters. The van der Waals surface area contributed by atoms with Crippen LogP contribution in [0.25, 0.3) is 0 Å². The number of esters is 1. The largest absolute Gasteiger partial charge is 0.465 e. The third kappa shape index (κ3) is 3.24. The summed E-state index contributed by atoms with van der Waals surface area (Å²) in [5.41, 5.74) is 8.22. The van der Waals surface area contributed by atoms with Crippen LogP contribution in [0.3, 0.4) is 0 Å². The lowest BCUT2D eigenvalue weighted by atomic mass is 10.1. The first-order valence-electron chi connectivity index (χ1n) is 6.03. The van der Waals surface area contributed by atoms with E-state index < -0.39 is 5.97 Å². The topological polar surface area (TPSA) is 64.3 Å². The molecule has 0 aliphatic heterocycles. The molecule has 0 aliphatic rings. The zero-order chi connectivity index (χ0) is 14.5. The quantitative estimate of drug-likeness (QED) is 0.512. The molecular weight excluding hydrogens is 272 g/mol. The van der Waals surface area contributed by atoms with Gasteiger partial charge in [-0.25, -0.2) is 4.79 Å². The number of ether oxygens (including phenoxy) is 1. The highest BCUT2D eigenvalue weighted by Crippen LogP contribution is 2.25. The Hall–Kier alpha value is -2.14. The Bertz CT molecular complexity index is 612. The molecule has 0 fully saturated rings. The first kappa shape index (κ1) is 14.3. The van der Waals surface area contributed by atoms with Crippen molar-refractivity contribution in [2.45, 2.75) is 4.90 Å². The number of rotatable bonds is 4. The van der Waals surface area contributed by atoms with E-state index >= 15 is 0 Å². The van der Waals surface area contributed by atoms with E-state index in [9.17, 15) is 4.79 Å². The first-order valence-corrected chi connectivity index (χ1v) is 7.25. The molecule has 0 bridgehead atoms. The molecule has 104 valence electrons. The summed E-state index contributed by atoms with van der Waals surface area (Å²) in [6, 6.07) is 13.1. The Labute approximate surface area is 122 Å². The van der Waals surface area contributed by atoms with Crippen LogP contribution >= 0.6 is 11.8 Å². The molecule has 4 nitrogen and oxygen atoms in total. The molecule has 0 aromatic heterocycles. The minimum absolute atomic E-state index is 0.416. The number of carbonyl (C=O) groups is 1. The van der Waals surface area contributed by atoms with E-state index in [1.165, 1.54) is 12.0 Å². The van der Waals surface area contributed by atoms with Crippen LogP contribution in [-0.2, 0) is 4.74 Å². The highest BCUT2D eigenvalue weighted by Gasteiger charge is 2.12. The molecule has 0 heterocycles. The van der Waals surface area contributed by atoms with Gasteiger partial charge in [0.1, 0.15) is 0 Å². The van der Waals surface area contributed by atoms with Gasteiger partial charge < -0.3 is 15.8 Å². The van der Waals surface area contributed by atoms with Gasteiger partial charge in [-0.2, -0.15) is 0 Å². The van der Waals surface area contributed by atoms with E-state index in [0.29, 0.717) is 16.9 Å². The molecule has 2 aromatic carbocycles. The fraction of sp³-hybridized carbons (Fsp3) is 0.133. The lowest BCUT2D eigenvalue weighted by Crippen LogP contribution is -2.06. The molecule has 0 spiro atoms. The van der Waals surface area contributed by atoms with Gasteiger partial charge in [0.05, 0.1) is 18.4 Å². The number of hydrogen-bond donors (Lipinski definition) is 2. The fourth-order valence-corrected chi connectivity index (χ4v) is 2.19. The highest BCUT2D eigenvalue weighted by molar-refractivity contribution is 7.98. The van der Waals surface area contributed by atoms with Crippen LogP contribution in [0.2, 0.25) is 0 Å². The Morgan fingerprint density at radius 2 is 1.90 bits per heavy atom. The molecule has 2 aromatic rings. The predicted octanol–water partition coefficient (Wildman–Crippen LogP) is 3.52. The number of nitrogens with two attached hydrogens (primary N) is 1. The summed E-state index contributed by atoms with van der Waals surface area (Å²) in [6.07, 6.45) is 2.03. The smallest absolute Gasteiger partial charge is 0.340 e. The van der Waals surface area contributed by atoms with E-state index in [4.69, 9.17) is 10.5 Å². The molecule has 20 heavy (non-hydrogen) atoms. The normalized spacial score (nSPS) is 10.1. The second kappa shape index (κ2) is 6.34. The number of hydrogen-bond acceptors (Lipinski definition) is 5. The van der Waals surface area contributed by atoms with Gasteiger partial charge in [-0.15, -0.1) is 11.8 Å². The Balaban J connectivity index is 2.30. The van der Waals surface area contributed by atoms with Crippen LogP contribution in [0, 0.1) is 0 Å². The van der Waals surface area contributed by atoms with Crippen LogP contribution in [0.15, 0.2) is 47.4 Å². The van der Waals surface area contributed by atoms with Crippen LogP contribution in [0.5, 0.6) is 0 Å². The second-order valence-corrected chi connectivity index (χ2v) is 5.03. The molecule has 0 aliphatic carbocycles. The molecule has 3 N–H and O–H groups in total. The summed E-state index contributed by atoms with van der Waals surface area (Å²) in [6.45, 7) is 0. The Morgan fingerprint density at radius 3 is 2.50 bits per heavy atom. The zero-order valence-electron chi connectivity index (χ0n) is 11.3. The lowest BCUT2D eigenvalue weighted by molar-refractivity contribution is 0.0602. The number of methoxy groups -OCH3 is 1. The molecule has 0 radical (unpaired) electrons. The average Bonchev–Trinajstić information content (AvgIpc) is 2.49. The van der Waals surface area contributed by atoms with E-state index in [1.54, 1.807) is 30.0 Å². The first-order chi connectivity index (χ1) is 9.63. The lowest BCUT2D eigenvalue weighted by Gasteiger charge is -2.12. The van der Waals surface area contributed by atoms with Gasteiger partial charge in [0, 0.05) is 16.3 Å². The van der Waals surface area contributed by atoms with E-state index in [-0.39, 0.29) is 0 Å². The standard InChI is InChI=1S/C15H16N2O2S/c1-19-15(18)13-9-10(16)3-8-14(13)17-11-4-6-12(20-2)7-5-11/h3-9,17H,16H2,1-2H3. The third-order valence-corrected chi connectivity index (χ3v) is 3.56. The summed E-state index contributed by atoms with van der Waals surface area (Å²) in [5, 5.41) is 3.20. The van der Waals surface area contributed by atoms with Crippen molar-refractivity contribution in [3.63, 3.8) is 0 Å². The van der Waals surface area contributed by atoms with Crippen molar-refractivity contribution in [1.82, 2.24) is 0 Å². The molecule has 0 amide bonds.